The van der Waals surface area contributed by atoms with Crippen molar-refractivity contribution >= 4 is 0 Å². The van der Waals surface area contributed by atoms with Gasteiger partial charge in [0, 0.05) is 6.04 Å². The normalized spacial score (nSPS) is 11.1. The Morgan fingerprint density at radius 2 is 1.94 bits per heavy atom. The van der Waals surface area contributed by atoms with Crippen molar-refractivity contribution in [3.05, 3.63) is 42.4 Å². The van der Waals surface area contributed by atoms with Gasteiger partial charge in [-0.25, -0.2) is 4.98 Å². The number of hydrogen-bond donors (Lipinski definition) is 1. The summed E-state index contributed by atoms with van der Waals surface area (Å²) in [4.78, 5) is 4.24. The monoisotopic (exact) mass is 243 g/mol. The molecule has 0 aliphatic heterocycles. The molecule has 1 heterocycles. The van der Waals surface area contributed by atoms with Crippen molar-refractivity contribution in [1.29, 1.82) is 0 Å². The largest absolute Gasteiger partial charge is 0.330 e. The van der Waals surface area contributed by atoms with E-state index in [0.717, 1.165) is 19.4 Å². The first-order chi connectivity index (χ1) is 8.72. The number of nitrogens with two attached hydrogens (primary N) is 1. The lowest BCUT2D eigenvalue weighted by Crippen LogP contribution is -2.01. The minimum atomic E-state index is 0.430. The standard InChI is InChI=1S/C15H21N3/c1-12(2)18-11-17-10-15(18)14-7-5-13(6-8-14)4-3-9-16/h5-8,10-12H,3-4,9,16H2,1-2H3. The highest BCUT2D eigenvalue weighted by molar-refractivity contribution is 5.59. The van der Waals surface area contributed by atoms with Gasteiger partial charge in [-0.3, -0.25) is 0 Å². The Morgan fingerprint density at radius 3 is 2.56 bits per heavy atom. The van der Waals surface area contributed by atoms with Crippen LogP contribution in [0.3, 0.4) is 0 Å². The number of aromatic nitrogens is 2. The van der Waals surface area contributed by atoms with Crippen LogP contribution in [-0.2, 0) is 6.42 Å². The second-order valence-electron chi connectivity index (χ2n) is 4.87. The number of aryl methyl sites for hydroxylation is 1. The smallest absolute Gasteiger partial charge is 0.0953 e. The third-order valence-corrected chi connectivity index (χ3v) is 3.14. The van der Waals surface area contributed by atoms with Gasteiger partial charge < -0.3 is 10.3 Å². The molecule has 0 saturated heterocycles. The number of rotatable bonds is 5. The zero-order valence-corrected chi connectivity index (χ0v) is 11.1. The summed E-state index contributed by atoms with van der Waals surface area (Å²) in [7, 11) is 0. The van der Waals surface area contributed by atoms with Crippen molar-refractivity contribution in [1.82, 2.24) is 9.55 Å². The highest BCUT2D eigenvalue weighted by atomic mass is 15.1. The molecule has 0 fully saturated rings. The Labute approximate surface area is 109 Å². The van der Waals surface area contributed by atoms with Crippen LogP contribution in [0.5, 0.6) is 0 Å². The van der Waals surface area contributed by atoms with Crippen LogP contribution in [0.25, 0.3) is 11.3 Å². The average Bonchev–Trinajstić information content (AvgIpc) is 2.86. The lowest BCUT2D eigenvalue weighted by atomic mass is 10.1. The molecule has 0 aliphatic carbocycles. The molecule has 0 saturated carbocycles. The molecule has 3 nitrogen and oxygen atoms in total. The quantitative estimate of drug-likeness (QED) is 0.877. The van der Waals surface area contributed by atoms with Crippen LogP contribution in [-0.4, -0.2) is 16.1 Å². The maximum Gasteiger partial charge on any atom is 0.0953 e. The van der Waals surface area contributed by atoms with E-state index in [4.69, 9.17) is 5.73 Å². The molecule has 2 N–H and O–H groups in total. The summed E-state index contributed by atoms with van der Waals surface area (Å²) in [6.45, 7) is 5.09. The van der Waals surface area contributed by atoms with Crippen molar-refractivity contribution in [2.24, 2.45) is 5.73 Å². The van der Waals surface area contributed by atoms with Crippen molar-refractivity contribution in [2.45, 2.75) is 32.7 Å². The molecular weight excluding hydrogens is 222 g/mol. The molecule has 0 aliphatic rings. The van der Waals surface area contributed by atoms with Crippen LogP contribution in [0.4, 0.5) is 0 Å². The molecule has 0 amide bonds. The molecule has 0 spiro atoms. The Morgan fingerprint density at radius 1 is 1.22 bits per heavy atom. The van der Waals surface area contributed by atoms with E-state index in [9.17, 15) is 0 Å². The van der Waals surface area contributed by atoms with Gasteiger partial charge in [0.1, 0.15) is 0 Å². The SMILES string of the molecule is CC(C)n1cncc1-c1ccc(CCCN)cc1. The van der Waals surface area contributed by atoms with Crippen molar-refractivity contribution in [3.63, 3.8) is 0 Å². The minimum Gasteiger partial charge on any atom is -0.330 e. The van der Waals surface area contributed by atoms with Gasteiger partial charge in [-0.15, -0.1) is 0 Å². The van der Waals surface area contributed by atoms with E-state index in [1.165, 1.54) is 16.8 Å². The number of nitrogens with zero attached hydrogens (tertiary/aromatic N) is 2. The van der Waals surface area contributed by atoms with Crippen molar-refractivity contribution in [2.75, 3.05) is 6.54 Å². The fourth-order valence-electron chi connectivity index (χ4n) is 2.09. The second-order valence-corrected chi connectivity index (χ2v) is 4.87. The molecule has 18 heavy (non-hydrogen) atoms. The molecule has 0 radical (unpaired) electrons. The van der Waals surface area contributed by atoms with Gasteiger partial charge in [-0.1, -0.05) is 24.3 Å². The summed E-state index contributed by atoms with van der Waals surface area (Å²) in [6.07, 6.45) is 5.92. The predicted octanol–water partition coefficient (Wildman–Crippen LogP) is 3.02. The predicted molar refractivity (Wildman–Crippen MR) is 75.4 cm³/mol. The summed E-state index contributed by atoms with van der Waals surface area (Å²) in [5, 5.41) is 0. The molecule has 0 bridgehead atoms. The number of hydrogen-bond acceptors (Lipinski definition) is 2. The van der Waals surface area contributed by atoms with Crippen LogP contribution in [0.1, 0.15) is 31.9 Å². The van der Waals surface area contributed by atoms with Crippen molar-refractivity contribution < 1.29 is 0 Å². The first kappa shape index (κ1) is 12.8. The Kier molecular flexibility index (Phi) is 4.15. The zero-order valence-electron chi connectivity index (χ0n) is 11.1. The molecule has 0 atom stereocenters. The van der Waals surface area contributed by atoms with E-state index in [1.807, 2.05) is 12.5 Å². The first-order valence-electron chi connectivity index (χ1n) is 6.53. The highest BCUT2D eigenvalue weighted by Crippen LogP contribution is 2.22. The van der Waals surface area contributed by atoms with Gasteiger partial charge in [0.25, 0.3) is 0 Å². The third-order valence-electron chi connectivity index (χ3n) is 3.14. The van der Waals surface area contributed by atoms with E-state index in [-0.39, 0.29) is 0 Å². The Balaban J connectivity index is 2.21. The molecule has 3 heteroatoms. The first-order valence-corrected chi connectivity index (χ1v) is 6.53. The average molecular weight is 243 g/mol. The van der Waals surface area contributed by atoms with Crippen LogP contribution in [0, 0.1) is 0 Å². The maximum atomic E-state index is 5.52. The van der Waals surface area contributed by atoms with E-state index >= 15 is 0 Å². The van der Waals surface area contributed by atoms with Gasteiger partial charge in [-0.2, -0.15) is 0 Å². The van der Waals surface area contributed by atoms with Gasteiger partial charge in [0.15, 0.2) is 0 Å². The summed E-state index contributed by atoms with van der Waals surface area (Å²) in [6, 6.07) is 9.13. The summed E-state index contributed by atoms with van der Waals surface area (Å²) in [5.74, 6) is 0. The number of imidazole rings is 1. The molecule has 0 unspecified atom stereocenters. The third kappa shape index (κ3) is 2.79. The number of benzene rings is 1. The van der Waals surface area contributed by atoms with Gasteiger partial charge in [0.05, 0.1) is 18.2 Å². The molecule has 2 rings (SSSR count). The fourth-order valence-corrected chi connectivity index (χ4v) is 2.09. The van der Waals surface area contributed by atoms with Crippen LogP contribution in [0.15, 0.2) is 36.8 Å². The summed E-state index contributed by atoms with van der Waals surface area (Å²) < 4.78 is 2.19. The van der Waals surface area contributed by atoms with Crippen LogP contribution in [0.2, 0.25) is 0 Å². The zero-order chi connectivity index (χ0) is 13.0. The highest BCUT2D eigenvalue weighted by Gasteiger charge is 2.07. The fraction of sp³-hybridized carbons (Fsp3) is 0.400. The summed E-state index contributed by atoms with van der Waals surface area (Å²) in [5.41, 5.74) is 9.27. The van der Waals surface area contributed by atoms with Gasteiger partial charge in [0.2, 0.25) is 0 Å². The van der Waals surface area contributed by atoms with Gasteiger partial charge in [-0.05, 0) is 44.4 Å². The van der Waals surface area contributed by atoms with E-state index in [0.29, 0.717) is 6.04 Å². The Hall–Kier alpha value is -1.61. The molecule has 1 aromatic heterocycles. The van der Waals surface area contributed by atoms with Crippen molar-refractivity contribution in [3.8, 4) is 11.3 Å². The van der Waals surface area contributed by atoms with Crippen LogP contribution < -0.4 is 5.73 Å². The van der Waals surface area contributed by atoms with Gasteiger partial charge >= 0.3 is 0 Å². The van der Waals surface area contributed by atoms with E-state index in [1.54, 1.807) is 0 Å². The topological polar surface area (TPSA) is 43.8 Å². The molecule has 96 valence electrons. The lowest BCUT2D eigenvalue weighted by Gasteiger charge is -2.12. The minimum absolute atomic E-state index is 0.430. The molecule has 2 aromatic rings. The lowest BCUT2D eigenvalue weighted by molar-refractivity contribution is 0.605. The van der Waals surface area contributed by atoms with E-state index < -0.39 is 0 Å². The molecule has 1 aromatic carbocycles. The second kappa shape index (κ2) is 5.83. The molecular formula is C15H21N3. The summed E-state index contributed by atoms with van der Waals surface area (Å²) >= 11 is 0. The Bertz CT molecular complexity index is 483. The van der Waals surface area contributed by atoms with E-state index in [2.05, 4.69) is 47.7 Å². The van der Waals surface area contributed by atoms with Crippen LogP contribution >= 0.6 is 0 Å². The maximum absolute atomic E-state index is 5.52.